The van der Waals surface area contributed by atoms with Crippen LogP contribution in [0.15, 0.2) is 40.0 Å². The fourth-order valence-electron chi connectivity index (χ4n) is 1.42. The number of hydrogen-bond acceptors (Lipinski definition) is 4. The Balaban J connectivity index is 2.59. The van der Waals surface area contributed by atoms with Gasteiger partial charge >= 0.3 is 16.4 Å². The average molecular weight is 295 g/mol. The smallest absolute Gasteiger partial charge is 0.433 e. The van der Waals surface area contributed by atoms with Gasteiger partial charge in [-0.15, -0.1) is 0 Å². The van der Waals surface area contributed by atoms with E-state index in [9.17, 15) is 25.5 Å². The van der Waals surface area contributed by atoms with E-state index >= 15 is 0 Å². The lowest BCUT2D eigenvalue weighted by Crippen LogP contribution is -2.08. The molecule has 9 heteroatoms. The van der Waals surface area contributed by atoms with Gasteiger partial charge in [-0.2, -0.15) is 21.6 Å². The van der Waals surface area contributed by atoms with E-state index in [2.05, 4.69) is 9.40 Å². The Morgan fingerprint density at radius 3 is 2.42 bits per heavy atom. The molecule has 2 rings (SSSR count). The second-order valence-corrected chi connectivity index (χ2v) is 4.71. The molecule has 0 saturated carbocycles. The molecule has 0 unspecified atom stereocenters. The Morgan fingerprint density at radius 1 is 1.16 bits per heavy atom. The number of pyridine rings is 1. The summed E-state index contributed by atoms with van der Waals surface area (Å²) in [5, 5.41) is -1.07. The molecule has 2 heterocycles. The van der Waals surface area contributed by atoms with E-state index in [1.165, 1.54) is 0 Å². The summed E-state index contributed by atoms with van der Waals surface area (Å²) in [5.74, 6) is 0. The molecule has 2 aromatic heterocycles. The quantitative estimate of drug-likeness (QED) is 0.631. The zero-order chi connectivity index (χ0) is 14.3. The Hall–Kier alpha value is -1.90. The summed E-state index contributed by atoms with van der Waals surface area (Å²) in [4.78, 5) is 3.24. The molecule has 102 valence electrons. The highest BCUT2D eigenvalue weighted by Gasteiger charge is 2.33. The molecule has 4 nitrogen and oxygen atoms in total. The summed E-state index contributed by atoms with van der Waals surface area (Å²) in [5.41, 5.74) is -1.93. The zero-order valence-corrected chi connectivity index (χ0v) is 9.80. The van der Waals surface area contributed by atoms with Crippen molar-refractivity contribution < 1.29 is 29.9 Å². The number of hydrogen-bond donors (Lipinski definition) is 0. The van der Waals surface area contributed by atoms with Crippen LogP contribution < -0.4 is 0 Å². The first-order valence-corrected chi connectivity index (χ1v) is 6.15. The summed E-state index contributed by atoms with van der Waals surface area (Å²) >= 11 is 0. The fourth-order valence-corrected chi connectivity index (χ4v) is 2.02. The van der Waals surface area contributed by atoms with Crippen molar-refractivity contribution in [2.75, 3.05) is 0 Å². The number of aromatic nitrogens is 1. The van der Waals surface area contributed by atoms with Crippen molar-refractivity contribution in [3.63, 3.8) is 0 Å². The third-order valence-electron chi connectivity index (χ3n) is 2.17. The zero-order valence-electron chi connectivity index (χ0n) is 8.98. The molecule has 0 spiro atoms. The second kappa shape index (κ2) is 4.34. The van der Waals surface area contributed by atoms with Gasteiger partial charge in [-0.3, -0.25) is 0 Å². The van der Waals surface area contributed by atoms with Gasteiger partial charge in [0.2, 0.25) is 0 Å². The van der Waals surface area contributed by atoms with E-state index < -0.39 is 27.2 Å². The number of nitrogens with zero attached hydrogens (tertiary/aromatic N) is 1. The van der Waals surface area contributed by atoms with Gasteiger partial charge in [0.25, 0.3) is 5.09 Å². The standard InChI is InChI=1S/C10H5F4NO3S/c11-10(12,13)8-3-1-2-7(15-8)6-4-5-18-9(6)19(14,16)17/h1-5H. The predicted octanol–water partition coefficient (Wildman–Crippen LogP) is 3.02. The van der Waals surface area contributed by atoms with Gasteiger partial charge in [0, 0.05) is 0 Å². The SMILES string of the molecule is O=S(=O)(F)c1occc1-c1cccc(C(F)(F)F)n1. The minimum atomic E-state index is -5.17. The molecule has 0 aliphatic heterocycles. The lowest BCUT2D eigenvalue weighted by Gasteiger charge is -2.06. The highest BCUT2D eigenvalue weighted by Crippen LogP contribution is 2.32. The fraction of sp³-hybridized carbons (Fsp3) is 0.100. The Bertz CT molecular complexity index is 706. The van der Waals surface area contributed by atoms with Crippen LogP contribution in [0.5, 0.6) is 0 Å². The van der Waals surface area contributed by atoms with Gasteiger partial charge in [0.1, 0.15) is 5.69 Å². The van der Waals surface area contributed by atoms with Gasteiger partial charge in [-0.05, 0) is 18.2 Å². The van der Waals surface area contributed by atoms with Crippen LogP contribution in [-0.4, -0.2) is 13.4 Å². The van der Waals surface area contributed by atoms with Crippen LogP contribution in [0, 0.1) is 0 Å². The van der Waals surface area contributed by atoms with Crippen molar-refractivity contribution in [3.8, 4) is 11.3 Å². The van der Waals surface area contributed by atoms with E-state index in [0.717, 1.165) is 24.5 Å². The van der Waals surface area contributed by atoms with Crippen molar-refractivity contribution in [1.29, 1.82) is 0 Å². The molecule has 0 aromatic carbocycles. The van der Waals surface area contributed by atoms with E-state index in [4.69, 9.17) is 0 Å². The molecule has 0 bridgehead atoms. The first-order chi connectivity index (χ1) is 8.69. The van der Waals surface area contributed by atoms with E-state index in [-0.39, 0.29) is 11.3 Å². The maximum absolute atomic E-state index is 12.9. The van der Waals surface area contributed by atoms with Gasteiger partial charge in [-0.1, -0.05) is 9.95 Å². The Kier molecular flexibility index (Phi) is 3.09. The molecule has 0 radical (unpaired) electrons. The van der Waals surface area contributed by atoms with Gasteiger partial charge in [0.05, 0.1) is 17.5 Å². The van der Waals surface area contributed by atoms with Crippen molar-refractivity contribution in [2.45, 2.75) is 11.3 Å². The van der Waals surface area contributed by atoms with Gasteiger partial charge < -0.3 is 4.42 Å². The van der Waals surface area contributed by atoms with Crippen molar-refractivity contribution >= 4 is 10.2 Å². The molecular weight excluding hydrogens is 290 g/mol. The van der Waals surface area contributed by atoms with Crippen LogP contribution in [0.25, 0.3) is 11.3 Å². The van der Waals surface area contributed by atoms with Crippen molar-refractivity contribution in [2.24, 2.45) is 0 Å². The summed E-state index contributed by atoms with van der Waals surface area (Å²) in [6, 6.07) is 3.89. The normalized spacial score (nSPS) is 12.6. The van der Waals surface area contributed by atoms with Crippen molar-refractivity contribution in [3.05, 3.63) is 36.2 Å². The number of halogens is 4. The van der Waals surface area contributed by atoms with Gasteiger partial charge in [0.15, 0.2) is 0 Å². The monoisotopic (exact) mass is 295 g/mol. The third-order valence-corrected chi connectivity index (χ3v) is 2.93. The molecule has 0 N–H and O–H groups in total. The minimum Gasteiger partial charge on any atom is -0.450 e. The topological polar surface area (TPSA) is 60.2 Å². The maximum Gasteiger partial charge on any atom is 0.433 e. The second-order valence-electron chi connectivity index (χ2n) is 3.47. The molecule has 0 amide bonds. The van der Waals surface area contributed by atoms with Crippen LogP contribution in [0.3, 0.4) is 0 Å². The molecule has 0 aliphatic rings. The Morgan fingerprint density at radius 2 is 1.84 bits per heavy atom. The highest BCUT2D eigenvalue weighted by molar-refractivity contribution is 7.86. The minimum absolute atomic E-state index is 0.347. The number of alkyl halides is 3. The summed E-state index contributed by atoms with van der Waals surface area (Å²) in [6.45, 7) is 0. The first kappa shape index (κ1) is 13.5. The predicted molar refractivity (Wildman–Crippen MR) is 55.2 cm³/mol. The van der Waals surface area contributed by atoms with E-state index in [0.29, 0.717) is 6.07 Å². The van der Waals surface area contributed by atoms with Gasteiger partial charge in [-0.25, -0.2) is 4.98 Å². The van der Waals surface area contributed by atoms with Crippen LogP contribution >= 0.6 is 0 Å². The van der Waals surface area contributed by atoms with Crippen molar-refractivity contribution in [1.82, 2.24) is 4.98 Å². The van der Waals surface area contributed by atoms with E-state index in [1.807, 2.05) is 0 Å². The summed E-state index contributed by atoms with van der Waals surface area (Å²) in [7, 11) is -5.17. The molecule has 0 atom stereocenters. The van der Waals surface area contributed by atoms with Crippen LogP contribution in [0.2, 0.25) is 0 Å². The van der Waals surface area contributed by atoms with Crippen LogP contribution in [0.4, 0.5) is 17.1 Å². The molecular formula is C10H5F4NO3S. The molecule has 19 heavy (non-hydrogen) atoms. The number of furan rings is 1. The lowest BCUT2D eigenvalue weighted by molar-refractivity contribution is -0.141. The van der Waals surface area contributed by atoms with E-state index in [1.54, 1.807) is 0 Å². The van der Waals surface area contributed by atoms with Crippen LogP contribution in [-0.2, 0) is 16.4 Å². The maximum atomic E-state index is 12.9. The third kappa shape index (κ3) is 2.75. The average Bonchev–Trinajstić information content (AvgIpc) is 2.76. The summed E-state index contributed by atoms with van der Waals surface area (Å²) < 4.78 is 76.2. The highest BCUT2D eigenvalue weighted by atomic mass is 32.3. The molecule has 0 fully saturated rings. The lowest BCUT2D eigenvalue weighted by atomic mass is 10.2. The molecule has 2 aromatic rings. The largest absolute Gasteiger partial charge is 0.450 e. The number of rotatable bonds is 2. The van der Waals surface area contributed by atoms with Crippen LogP contribution in [0.1, 0.15) is 5.69 Å². The summed E-state index contributed by atoms with van der Waals surface area (Å²) in [6.07, 6.45) is -3.84. The molecule has 0 aliphatic carbocycles. The Labute approximate surface area is 104 Å². The molecule has 0 saturated heterocycles. The first-order valence-electron chi connectivity index (χ1n) is 4.76.